The third-order valence-corrected chi connectivity index (χ3v) is 6.30. The molecule has 204 valence electrons. The van der Waals surface area contributed by atoms with Gasteiger partial charge in [-0.15, -0.1) is 0 Å². The summed E-state index contributed by atoms with van der Waals surface area (Å²) in [7, 11) is 0. The molecule has 0 aliphatic carbocycles. The number of rotatable bonds is 24. The van der Waals surface area contributed by atoms with Gasteiger partial charge in [0.25, 0.3) is 0 Å². The van der Waals surface area contributed by atoms with Gasteiger partial charge in [-0.2, -0.15) is 0 Å². The van der Waals surface area contributed by atoms with Crippen LogP contribution in [0.1, 0.15) is 136 Å². The molecule has 0 spiro atoms. The zero-order chi connectivity index (χ0) is 25.7. The summed E-state index contributed by atoms with van der Waals surface area (Å²) >= 11 is 0. The first-order valence-electron chi connectivity index (χ1n) is 14.5. The van der Waals surface area contributed by atoms with Crippen LogP contribution in [-0.2, 0) is 4.79 Å². The number of carboxylic acid groups (broad SMARTS) is 1. The third-order valence-electron chi connectivity index (χ3n) is 6.30. The molecular weight excluding hydrogens is 426 g/mol. The first kappa shape index (κ1) is 35.3. The van der Waals surface area contributed by atoms with Crippen LogP contribution in [0.2, 0.25) is 0 Å². The Kier molecular flexibility index (Phi) is 31.2. The number of hydrogen-bond acceptors (Lipinski definition) is 4. The SMILES string of the molecule is CCCCC(CC)C(=O)[O-].CCCCCCCC/C=C\CCCCCCCC[NH2+]CC(O)CO. The van der Waals surface area contributed by atoms with Gasteiger partial charge in [-0.05, 0) is 57.3 Å². The summed E-state index contributed by atoms with van der Waals surface area (Å²) in [6.45, 7) is 7.79. The number of aliphatic hydroxyl groups excluding tert-OH is 2. The quantitative estimate of drug-likeness (QED) is 0.134. The Morgan fingerprint density at radius 1 is 0.794 bits per heavy atom. The van der Waals surface area contributed by atoms with E-state index in [1.54, 1.807) is 0 Å². The number of aliphatic hydroxyl groups is 2. The molecule has 2 atom stereocenters. The molecule has 4 N–H and O–H groups in total. The van der Waals surface area contributed by atoms with Crippen molar-refractivity contribution < 1.29 is 25.4 Å². The Labute approximate surface area is 211 Å². The van der Waals surface area contributed by atoms with Crippen molar-refractivity contribution in [3.8, 4) is 0 Å². The molecule has 34 heavy (non-hydrogen) atoms. The average Bonchev–Trinajstić information content (AvgIpc) is 2.83. The number of hydrogen-bond donors (Lipinski definition) is 3. The summed E-state index contributed by atoms with van der Waals surface area (Å²) in [5.41, 5.74) is 0. The van der Waals surface area contributed by atoms with Crippen LogP contribution < -0.4 is 10.4 Å². The number of carboxylic acids is 1. The first-order valence-corrected chi connectivity index (χ1v) is 14.5. The summed E-state index contributed by atoms with van der Waals surface area (Å²) in [6, 6.07) is 0. The molecule has 2 unspecified atom stereocenters. The lowest BCUT2D eigenvalue weighted by Crippen LogP contribution is -2.86. The normalized spacial score (nSPS) is 13.0. The molecule has 0 aromatic carbocycles. The lowest BCUT2D eigenvalue weighted by atomic mass is 10.00. The van der Waals surface area contributed by atoms with Gasteiger partial charge in [0, 0.05) is 5.97 Å². The summed E-state index contributed by atoms with van der Waals surface area (Å²) in [4.78, 5) is 10.3. The summed E-state index contributed by atoms with van der Waals surface area (Å²) in [6.07, 6.45) is 26.5. The molecule has 0 fully saturated rings. The Hall–Kier alpha value is -0.910. The summed E-state index contributed by atoms with van der Waals surface area (Å²) < 4.78 is 0. The van der Waals surface area contributed by atoms with Crippen molar-refractivity contribution in [1.82, 2.24) is 0 Å². The van der Waals surface area contributed by atoms with E-state index >= 15 is 0 Å². The summed E-state index contributed by atoms with van der Waals surface area (Å²) in [5, 5.41) is 30.3. The van der Waals surface area contributed by atoms with Gasteiger partial charge in [-0.1, -0.05) is 97.1 Å². The van der Waals surface area contributed by atoms with Crippen LogP contribution in [0.25, 0.3) is 0 Å². The van der Waals surface area contributed by atoms with Crippen molar-refractivity contribution in [3.63, 3.8) is 0 Å². The lowest BCUT2D eigenvalue weighted by molar-refractivity contribution is -0.661. The standard InChI is InChI=1S/C21H43NO2.C8H16O2/c1-2-3-4-5-6-7-8-9-10-11-12-13-14-15-16-17-18-22-19-21(24)20-23;1-3-5-6-7(4-2)8(9)10/h9-10,21-24H,2-8,11-20H2,1H3;7H,3-6H2,1-2H3,(H,9,10)/b10-9-;. The van der Waals surface area contributed by atoms with Crippen molar-refractivity contribution in [3.05, 3.63) is 12.2 Å². The Balaban J connectivity index is 0. The highest BCUT2D eigenvalue weighted by molar-refractivity contribution is 5.67. The minimum Gasteiger partial charge on any atom is -0.550 e. The van der Waals surface area contributed by atoms with Crippen LogP contribution in [0.4, 0.5) is 0 Å². The maximum atomic E-state index is 10.3. The van der Waals surface area contributed by atoms with Crippen molar-refractivity contribution in [2.75, 3.05) is 19.7 Å². The highest BCUT2D eigenvalue weighted by atomic mass is 16.4. The zero-order valence-electron chi connectivity index (χ0n) is 22.9. The van der Waals surface area contributed by atoms with E-state index in [0.29, 0.717) is 13.0 Å². The second kappa shape index (κ2) is 30.1. The van der Waals surface area contributed by atoms with Crippen LogP contribution >= 0.6 is 0 Å². The lowest BCUT2D eigenvalue weighted by Gasteiger charge is -2.14. The molecule has 0 aromatic rings. The molecule has 0 heterocycles. The van der Waals surface area contributed by atoms with Gasteiger partial charge in [-0.25, -0.2) is 0 Å². The van der Waals surface area contributed by atoms with E-state index in [2.05, 4.69) is 31.3 Å². The molecule has 0 aromatic heterocycles. The molecule has 0 rings (SSSR count). The Morgan fingerprint density at radius 3 is 1.76 bits per heavy atom. The molecule has 0 bridgehead atoms. The topological polar surface area (TPSA) is 97.2 Å². The van der Waals surface area contributed by atoms with Crippen molar-refractivity contribution in [1.29, 1.82) is 0 Å². The van der Waals surface area contributed by atoms with Gasteiger partial charge in [0.15, 0.2) is 0 Å². The van der Waals surface area contributed by atoms with Crippen LogP contribution in [-0.4, -0.2) is 42.0 Å². The molecule has 0 saturated heterocycles. The van der Waals surface area contributed by atoms with E-state index in [9.17, 15) is 15.0 Å². The van der Waals surface area contributed by atoms with Crippen LogP contribution in [0, 0.1) is 5.92 Å². The van der Waals surface area contributed by atoms with Crippen LogP contribution in [0.5, 0.6) is 0 Å². The van der Waals surface area contributed by atoms with E-state index in [1.807, 2.05) is 6.92 Å². The van der Waals surface area contributed by atoms with Gasteiger partial charge >= 0.3 is 0 Å². The smallest absolute Gasteiger partial charge is 0.126 e. The summed E-state index contributed by atoms with van der Waals surface area (Å²) in [5.74, 6) is -1.11. The highest BCUT2D eigenvalue weighted by Gasteiger charge is 2.05. The second-order valence-corrected chi connectivity index (χ2v) is 9.65. The van der Waals surface area contributed by atoms with E-state index in [1.165, 1.54) is 89.9 Å². The number of carbonyl (C=O) groups excluding carboxylic acids is 1. The molecule has 5 nitrogen and oxygen atoms in total. The predicted octanol–water partition coefficient (Wildman–Crippen LogP) is 4.89. The number of aliphatic carboxylic acids is 1. The van der Waals surface area contributed by atoms with E-state index in [4.69, 9.17) is 5.11 Å². The number of unbranched alkanes of at least 4 members (excludes halogenated alkanes) is 13. The van der Waals surface area contributed by atoms with Crippen molar-refractivity contribution in [2.24, 2.45) is 5.92 Å². The fourth-order valence-corrected chi connectivity index (χ4v) is 3.86. The largest absolute Gasteiger partial charge is 0.550 e. The maximum Gasteiger partial charge on any atom is 0.126 e. The molecule has 0 saturated carbocycles. The molecule has 5 heteroatoms. The van der Waals surface area contributed by atoms with Gasteiger partial charge < -0.3 is 25.4 Å². The minimum atomic E-state index is -0.893. The van der Waals surface area contributed by atoms with Crippen LogP contribution in [0.15, 0.2) is 12.2 Å². The fourth-order valence-electron chi connectivity index (χ4n) is 3.86. The average molecular weight is 486 g/mol. The van der Waals surface area contributed by atoms with Crippen molar-refractivity contribution >= 4 is 5.97 Å². The third kappa shape index (κ3) is 29.1. The number of carbonyl (C=O) groups is 1. The molecule has 0 aliphatic heterocycles. The van der Waals surface area contributed by atoms with E-state index in [0.717, 1.165) is 25.8 Å². The van der Waals surface area contributed by atoms with Gasteiger partial charge in [0.1, 0.15) is 12.6 Å². The number of quaternary nitrogens is 1. The second-order valence-electron chi connectivity index (χ2n) is 9.65. The fraction of sp³-hybridized carbons (Fsp3) is 0.897. The zero-order valence-corrected chi connectivity index (χ0v) is 22.9. The minimum absolute atomic E-state index is 0.121. The maximum absolute atomic E-state index is 10.3. The molecule has 0 aliphatic rings. The van der Waals surface area contributed by atoms with Crippen LogP contribution in [0.3, 0.4) is 0 Å². The van der Waals surface area contributed by atoms with Crippen molar-refractivity contribution in [2.45, 2.75) is 142 Å². The highest BCUT2D eigenvalue weighted by Crippen LogP contribution is 2.11. The molecule has 0 radical (unpaired) electrons. The van der Waals surface area contributed by atoms with Gasteiger partial charge in [0.05, 0.1) is 13.2 Å². The monoisotopic (exact) mass is 485 g/mol. The van der Waals surface area contributed by atoms with E-state index in [-0.39, 0.29) is 12.5 Å². The first-order chi connectivity index (χ1) is 16.5. The molecular formula is C29H59NO4. The molecule has 0 amide bonds. The van der Waals surface area contributed by atoms with E-state index < -0.39 is 12.1 Å². The van der Waals surface area contributed by atoms with Gasteiger partial charge in [0.2, 0.25) is 0 Å². The predicted molar refractivity (Wildman–Crippen MR) is 143 cm³/mol. The number of nitrogens with two attached hydrogens (primary N) is 1. The number of allylic oxidation sites excluding steroid dienone is 2. The Morgan fingerprint density at radius 2 is 1.29 bits per heavy atom. The van der Waals surface area contributed by atoms with Gasteiger partial charge in [-0.3, -0.25) is 0 Å². The Bertz CT molecular complexity index is 428.